The number of anilines is 1. The number of hydrogen-bond donors (Lipinski definition) is 0. The predicted molar refractivity (Wildman–Crippen MR) is 94.4 cm³/mol. The van der Waals surface area contributed by atoms with Crippen molar-refractivity contribution in [1.82, 2.24) is 0 Å². The minimum absolute atomic E-state index is 0.343. The Morgan fingerprint density at radius 3 is 2.33 bits per heavy atom. The minimum Gasteiger partial charge on any atom is -0.497 e. The van der Waals surface area contributed by atoms with Crippen molar-refractivity contribution in [2.45, 2.75) is 0 Å². The second-order valence-corrected chi connectivity index (χ2v) is 5.96. The normalized spacial score (nSPS) is 15.9. The summed E-state index contributed by atoms with van der Waals surface area (Å²) < 4.78 is 10.4. The number of carbonyl (C=O) groups is 2. The van der Waals surface area contributed by atoms with Crippen molar-refractivity contribution in [2.24, 2.45) is 0 Å². The van der Waals surface area contributed by atoms with Crippen LogP contribution in [0.5, 0.6) is 11.5 Å². The molecule has 0 spiro atoms. The lowest BCUT2D eigenvalue weighted by molar-refractivity contribution is -0.113. The maximum atomic E-state index is 12.6. The Bertz CT molecular complexity index is 814. The maximum Gasteiger partial charge on any atom is 0.298 e. The first-order chi connectivity index (χ1) is 11.6. The molecule has 0 radical (unpaired) electrons. The zero-order valence-electron chi connectivity index (χ0n) is 13.2. The quantitative estimate of drug-likeness (QED) is 0.788. The van der Waals surface area contributed by atoms with Crippen molar-refractivity contribution in [3.05, 3.63) is 59.0 Å². The van der Waals surface area contributed by atoms with Gasteiger partial charge in [-0.15, -0.1) is 0 Å². The molecule has 1 fully saturated rings. The molecule has 24 heavy (non-hydrogen) atoms. The number of thioether (sulfide) groups is 1. The molecule has 0 saturated carbocycles. The van der Waals surface area contributed by atoms with Crippen molar-refractivity contribution in [1.29, 1.82) is 0 Å². The Morgan fingerprint density at radius 1 is 0.958 bits per heavy atom. The largest absolute Gasteiger partial charge is 0.497 e. The topological polar surface area (TPSA) is 55.8 Å². The molecule has 0 aromatic heterocycles. The second kappa shape index (κ2) is 6.80. The minimum atomic E-state index is -0.356. The van der Waals surface area contributed by atoms with Crippen LogP contribution in [0.2, 0.25) is 0 Å². The summed E-state index contributed by atoms with van der Waals surface area (Å²) in [5.41, 5.74) is 1.27. The van der Waals surface area contributed by atoms with E-state index in [2.05, 4.69) is 0 Å². The Balaban J connectivity index is 1.92. The molecule has 122 valence electrons. The van der Waals surface area contributed by atoms with Crippen molar-refractivity contribution < 1.29 is 19.1 Å². The maximum absolute atomic E-state index is 12.6. The summed E-state index contributed by atoms with van der Waals surface area (Å²) in [6, 6.07) is 14.2. The molecule has 1 aliphatic rings. The number of para-hydroxylation sites is 2. The molecule has 2 aromatic carbocycles. The summed E-state index contributed by atoms with van der Waals surface area (Å²) in [5, 5.41) is -0.343. The Hall–Kier alpha value is -2.73. The smallest absolute Gasteiger partial charge is 0.298 e. The van der Waals surface area contributed by atoms with Gasteiger partial charge in [0.15, 0.2) is 0 Å². The van der Waals surface area contributed by atoms with Crippen LogP contribution >= 0.6 is 11.8 Å². The van der Waals surface area contributed by atoms with Crippen molar-refractivity contribution in [2.75, 3.05) is 19.1 Å². The first-order valence-corrected chi connectivity index (χ1v) is 8.00. The highest BCUT2D eigenvalue weighted by atomic mass is 32.2. The summed E-state index contributed by atoms with van der Waals surface area (Å²) in [6.45, 7) is 0. The molecule has 1 aliphatic heterocycles. The lowest BCUT2D eigenvalue weighted by Crippen LogP contribution is -2.28. The van der Waals surface area contributed by atoms with Gasteiger partial charge in [0, 0.05) is 0 Å². The van der Waals surface area contributed by atoms with Gasteiger partial charge in [0.2, 0.25) is 0 Å². The van der Waals surface area contributed by atoms with Gasteiger partial charge in [-0.1, -0.05) is 24.3 Å². The molecule has 0 aliphatic carbocycles. The number of hydrogen-bond acceptors (Lipinski definition) is 5. The highest BCUT2D eigenvalue weighted by molar-refractivity contribution is 8.19. The molecule has 1 saturated heterocycles. The van der Waals surface area contributed by atoms with E-state index in [1.54, 1.807) is 49.6 Å². The van der Waals surface area contributed by atoms with Crippen LogP contribution in [0.15, 0.2) is 53.4 Å². The van der Waals surface area contributed by atoms with E-state index >= 15 is 0 Å². The lowest BCUT2D eigenvalue weighted by Gasteiger charge is -2.15. The molecule has 2 aromatic rings. The van der Waals surface area contributed by atoms with Gasteiger partial charge in [-0.25, -0.2) is 4.90 Å². The third kappa shape index (κ3) is 3.00. The predicted octanol–water partition coefficient (Wildman–Crippen LogP) is 3.94. The number of nitrogens with zero attached hydrogens (tertiary/aromatic N) is 1. The fraction of sp³-hybridized carbons (Fsp3) is 0.111. The SMILES string of the molecule is COc1ccc(/C=C2/SC(=O)N(c3ccccc3OC)C2=O)cc1. The average Bonchev–Trinajstić information content (AvgIpc) is 2.89. The van der Waals surface area contributed by atoms with Gasteiger partial charge in [-0.2, -0.15) is 0 Å². The molecule has 0 atom stereocenters. The van der Waals surface area contributed by atoms with Crippen LogP contribution in [0.3, 0.4) is 0 Å². The monoisotopic (exact) mass is 341 g/mol. The number of imide groups is 1. The van der Waals surface area contributed by atoms with Gasteiger partial charge in [0.1, 0.15) is 11.5 Å². The van der Waals surface area contributed by atoms with Crippen LogP contribution in [0.4, 0.5) is 10.5 Å². The van der Waals surface area contributed by atoms with Crippen molar-refractivity contribution in [3.63, 3.8) is 0 Å². The molecule has 6 heteroatoms. The third-order valence-corrected chi connectivity index (χ3v) is 4.40. The zero-order chi connectivity index (χ0) is 17.1. The molecular weight excluding hydrogens is 326 g/mol. The van der Waals surface area contributed by atoms with E-state index in [0.29, 0.717) is 16.3 Å². The van der Waals surface area contributed by atoms with Crippen LogP contribution < -0.4 is 14.4 Å². The van der Waals surface area contributed by atoms with Crippen LogP contribution in [-0.4, -0.2) is 25.4 Å². The van der Waals surface area contributed by atoms with E-state index < -0.39 is 0 Å². The van der Waals surface area contributed by atoms with E-state index in [1.807, 2.05) is 12.1 Å². The van der Waals surface area contributed by atoms with Crippen LogP contribution in [-0.2, 0) is 4.79 Å². The summed E-state index contributed by atoms with van der Waals surface area (Å²) >= 11 is 0.912. The van der Waals surface area contributed by atoms with E-state index in [4.69, 9.17) is 9.47 Å². The van der Waals surface area contributed by atoms with E-state index in [1.165, 1.54) is 7.11 Å². The first kappa shape index (κ1) is 16.1. The highest BCUT2D eigenvalue weighted by Gasteiger charge is 2.37. The van der Waals surface area contributed by atoms with Crippen molar-refractivity contribution in [3.8, 4) is 11.5 Å². The number of benzene rings is 2. The molecule has 5 nitrogen and oxygen atoms in total. The number of methoxy groups -OCH3 is 2. The summed E-state index contributed by atoms with van der Waals surface area (Å²) in [5.74, 6) is 0.852. The molecular formula is C18H15NO4S. The molecule has 0 N–H and O–H groups in total. The number of amides is 2. The van der Waals surface area contributed by atoms with Gasteiger partial charge >= 0.3 is 0 Å². The fourth-order valence-corrected chi connectivity index (χ4v) is 3.18. The molecule has 3 rings (SSSR count). The highest BCUT2D eigenvalue weighted by Crippen LogP contribution is 2.39. The standard InChI is InChI=1S/C18H15NO4S/c1-22-13-9-7-12(8-10-13)11-16-17(20)19(18(21)24-16)14-5-3-4-6-15(14)23-2/h3-11H,1-2H3/b16-11+. The number of rotatable bonds is 4. The Kier molecular flexibility index (Phi) is 4.57. The molecule has 2 amide bonds. The summed E-state index contributed by atoms with van der Waals surface area (Å²) in [6.07, 6.45) is 1.69. The van der Waals surface area contributed by atoms with Gasteiger partial charge in [0.05, 0.1) is 24.8 Å². The third-order valence-electron chi connectivity index (χ3n) is 3.53. The van der Waals surface area contributed by atoms with E-state index in [-0.39, 0.29) is 11.1 Å². The van der Waals surface area contributed by atoms with Gasteiger partial charge < -0.3 is 9.47 Å². The van der Waals surface area contributed by atoms with Gasteiger partial charge in [-0.05, 0) is 47.7 Å². The average molecular weight is 341 g/mol. The van der Waals surface area contributed by atoms with Crippen LogP contribution in [0.25, 0.3) is 6.08 Å². The van der Waals surface area contributed by atoms with Gasteiger partial charge in [-0.3, -0.25) is 9.59 Å². The summed E-state index contributed by atoms with van der Waals surface area (Å²) in [4.78, 5) is 26.5. The van der Waals surface area contributed by atoms with Crippen LogP contribution in [0, 0.1) is 0 Å². The number of carbonyl (C=O) groups excluding carboxylic acids is 2. The molecule has 0 unspecified atom stereocenters. The lowest BCUT2D eigenvalue weighted by atomic mass is 10.2. The Morgan fingerprint density at radius 2 is 1.67 bits per heavy atom. The molecule has 0 bridgehead atoms. The second-order valence-electron chi connectivity index (χ2n) is 4.96. The van der Waals surface area contributed by atoms with Crippen molar-refractivity contribution >= 4 is 34.7 Å². The fourth-order valence-electron chi connectivity index (χ4n) is 2.34. The Labute approximate surface area is 143 Å². The van der Waals surface area contributed by atoms with E-state index in [9.17, 15) is 9.59 Å². The van der Waals surface area contributed by atoms with E-state index in [0.717, 1.165) is 28.0 Å². The first-order valence-electron chi connectivity index (χ1n) is 7.19. The van der Waals surface area contributed by atoms with Gasteiger partial charge in [0.25, 0.3) is 11.1 Å². The zero-order valence-corrected chi connectivity index (χ0v) is 14.0. The number of ether oxygens (including phenoxy) is 2. The summed E-state index contributed by atoms with van der Waals surface area (Å²) in [7, 11) is 3.10. The molecule has 1 heterocycles. The van der Waals surface area contributed by atoms with Crippen LogP contribution in [0.1, 0.15) is 5.56 Å².